The summed E-state index contributed by atoms with van der Waals surface area (Å²) in [4.78, 5) is 2.25. The summed E-state index contributed by atoms with van der Waals surface area (Å²) in [5.74, 6) is 0.860. The Kier molecular flexibility index (Phi) is 6.36. The molecule has 2 aliphatic carbocycles. The second-order valence-corrected chi connectivity index (χ2v) is 7.95. The molecule has 26 heavy (non-hydrogen) atoms. The highest BCUT2D eigenvalue weighted by Gasteiger charge is 2.16. The van der Waals surface area contributed by atoms with Gasteiger partial charge < -0.3 is 4.90 Å². The third-order valence-corrected chi connectivity index (χ3v) is 6.29. The van der Waals surface area contributed by atoms with Gasteiger partial charge >= 0.3 is 0 Å². The molecule has 2 heteroatoms. The lowest BCUT2D eigenvalue weighted by Gasteiger charge is -2.20. The standard InChI is InChI=1S/C24H26IN/c1-4-26(3)22-15-13-20(14-16-22)23-12-8-7-10-19-9-5-6-11-21(19)17-24(25)18(23)2/h5-17,19,21H,4H2,1-3H3/b10-7+,12-8?,23-18?,24-17+. The van der Waals surface area contributed by atoms with Crippen molar-refractivity contribution in [2.75, 3.05) is 18.5 Å². The smallest absolute Gasteiger partial charge is 0.0363 e. The number of halogens is 1. The van der Waals surface area contributed by atoms with E-state index in [-0.39, 0.29) is 0 Å². The molecule has 0 N–H and O–H groups in total. The largest absolute Gasteiger partial charge is 0.375 e. The molecule has 0 amide bonds. The van der Waals surface area contributed by atoms with Crippen molar-refractivity contribution >= 4 is 33.9 Å². The molecule has 3 rings (SSSR count). The Morgan fingerprint density at radius 3 is 2.19 bits per heavy atom. The quantitative estimate of drug-likeness (QED) is 0.458. The van der Waals surface area contributed by atoms with Gasteiger partial charge in [-0.05, 0) is 65.3 Å². The van der Waals surface area contributed by atoms with Crippen LogP contribution in [0.5, 0.6) is 0 Å². The molecule has 2 atom stereocenters. The zero-order chi connectivity index (χ0) is 18.5. The molecular weight excluding hydrogens is 429 g/mol. The monoisotopic (exact) mass is 455 g/mol. The molecule has 1 aromatic carbocycles. The maximum atomic E-state index is 2.49. The highest BCUT2D eigenvalue weighted by Crippen LogP contribution is 2.33. The van der Waals surface area contributed by atoms with E-state index in [2.05, 4.69) is 127 Å². The maximum absolute atomic E-state index is 2.49. The van der Waals surface area contributed by atoms with Crippen molar-refractivity contribution in [3.8, 4) is 0 Å². The minimum Gasteiger partial charge on any atom is -0.375 e. The van der Waals surface area contributed by atoms with Crippen LogP contribution in [-0.2, 0) is 0 Å². The first-order chi connectivity index (χ1) is 12.6. The first-order valence-electron chi connectivity index (χ1n) is 9.20. The predicted octanol–water partition coefficient (Wildman–Crippen LogP) is 6.72. The second kappa shape index (κ2) is 8.72. The predicted molar refractivity (Wildman–Crippen MR) is 124 cm³/mol. The summed E-state index contributed by atoms with van der Waals surface area (Å²) in [6, 6.07) is 8.89. The number of hydrogen-bond donors (Lipinski definition) is 0. The molecule has 0 heterocycles. The lowest BCUT2D eigenvalue weighted by atomic mass is 9.86. The molecule has 0 aliphatic heterocycles. The van der Waals surface area contributed by atoms with E-state index < -0.39 is 0 Å². The number of hydrogen-bond acceptors (Lipinski definition) is 1. The fraction of sp³-hybridized carbons (Fsp3) is 0.250. The van der Waals surface area contributed by atoms with Gasteiger partial charge in [0.2, 0.25) is 0 Å². The Bertz CT molecular complexity index is 818. The minimum atomic E-state index is 0.423. The zero-order valence-electron chi connectivity index (χ0n) is 15.7. The summed E-state index contributed by atoms with van der Waals surface area (Å²) in [5, 5.41) is 0. The van der Waals surface area contributed by atoms with Gasteiger partial charge in [-0.25, -0.2) is 0 Å². The Hall–Kier alpha value is -1.81. The molecule has 0 spiro atoms. The second-order valence-electron chi connectivity index (χ2n) is 6.78. The minimum absolute atomic E-state index is 0.423. The van der Waals surface area contributed by atoms with Crippen LogP contribution in [0.15, 0.2) is 88.1 Å². The molecule has 2 aliphatic rings. The van der Waals surface area contributed by atoms with Crippen LogP contribution >= 0.6 is 22.6 Å². The third-order valence-electron chi connectivity index (χ3n) is 5.12. The Morgan fingerprint density at radius 1 is 0.923 bits per heavy atom. The van der Waals surface area contributed by atoms with E-state index in [0.717, 1.165) is 6.54 Å². The van der Waals surface area contributed by atoms with Crippen LogP contribution in [0.1, 0.15) is 19.4 Å². The van der Waals surface area contributed by atoms with Gasteiger partial charge in [-0.15, -0.1) is 0 Å². The van der Waals surface area contributed by atoms with Gasteiger partial charge in [0.25, 0.3) is 0 Å². The average molecular weight is 455 g/mol. The number of rotatable bonds is 3. The molecule has 2 unspecified atom stereocenters. The maximum Gasteiger partial charge on any atom is 0.0363 e. The third kappa shape index (κ3) is 4.29. The summed E-state index contributed by atoms with van der Waals surface area (Å²) in [5.41, 5.74) is 5.13. The van der Waals surface area contributed by atoms with Crippen molar-refractivity contribution < 1.29 is 0 Å². The van der Waals surface area contributed by atoms with E-state index >= 15 is 0 Å². The Labute approximate surface area is 171 Å². The topological polar surface area (TPSA) is 3.24 Å². The van der Waals surface area contributed by atoms with Crippen molar-refractivity contribution in [1.29, 1.82) is 0 Å². The summed E-state index contributed by atoms with van der Waals surface area (Å²) in [7, 11) is 2.13. The molecule has 1 aromatic rings. The lowest BCUT2D eigenvalue weighted by Crippen LogP contribution is -2.15. The van der Waals surface area contributed by atoms with Gasteiger partial charge in [-0.1, -0.05) is 66.8 Å². The first kappa shape index (κ1) is 19.0. The van der Waals surface area contributed by atoms with Gasteiger partial charge in [0.1, 0.15) is 0 Å². The summed E-state index contributed by atoms with van der Waals surface area (Å²) < 4.78 is 1.32. The van der Waals surface area contributed by atoms with Crippen LogP contribution in [0, 0.1) is 11.8 Å². The average Bonchev–Trinajstić information content (AvgIpc) is 2.68. The molecule has 0 bridgehead atoms. The Morgan fingerprint density at radius 2 is 1.54 bits per heavy atom. The molecule has 0 radical (unpaired) electrons. The van der Waals surface area contributed by atoms with Crippen molar-refractivity contribution in [3.63, 3.8) is 0 Å². The van der Waals surface area contributed by atoms with E-state index in [0.29, 0.717) is 11.8 Å². The van der Waals surface area contributed by atoms with Crippen LogP contribution in [0.3, 0.4) is 0 Å². The summed E-state index contributed by atoms with van der Waals surface area (Å²) >= 11 is 2.49. The van der Waals surface area contributed by atoms with Crippen LogP contribution in [0.4, 0.5) is 5.69 Å². The fourth-order valence-corrected chi connectivity index (χ4v) is 3.99. The first-order valence-corrected chi connectivity index (χ1v) is 10.3. The zero-order valence-corrected chi connectivity index (χ0v) is 17.9. The highest BCUT2D eigenvalue weighted by molar-refractivity contribution is 14.1. The molecule has 0 fully saturated rings. The molecule has 0 saturated carbocycles. The van der Waals surface area contributed by atoms with Gasteiger partial charge in [-0.2, -0.15) is 0 Å². The van der Waals surface area contributed by atoms with Gasteiger partial charge in [0.15, 0.2) is 0 Å². The van der Waals surface area contributed by atoms with Crippen molar-refractivity contribution in [2.45, 2.75) is 13.8 Å². The number of allylic oxidation sites excluding steroid dienone is 12. The molecule has 134 valence electrons. The summed E-state index contributed by atoms with van der Waals surface area (Å²) in [6.45, 7) is 5.41. The van der Waals surface area contributed by atoms with Crippen LogP contribution in [0.25, 0.3) is 5.57 Å². The number of fused-ring (bicyclic) bond motifs is 1. The number of nitrogens with zero attached hydrogens (tertiary/aromatic N) is 1. The van der Waals surface area contributed by atoms with E-state index in [1.54, 1.807) is 0 Å². The molecule has 0 aromatic heterocycles. The lowest BCUT2D eigenvalue weighted by molar-refractivity contribution is 0.667. The van der Waals surface area contributed by atoms with E-state index in [4.69, 9.17) is 0 Å². The van der Waals surface area contributed by atoms with Crippen LogP contribution in [0.2, 0.25) is 0 Å². The van der Waals surface area contributed by atoms with Gasteiger partial charge in [0.05, 0.1) is 0 Å². The van der Waals surface area contributed by atoms with Crippen molar-refractivity contribution in [3.05, 3.63) is 93.7 Å². The Balaban J connectivity index is 2.00. The summed E-state index contributed by atoms with van der Waals surface area (Å²) in [6.07, 6.45) is 20.1. The van der Waals surface area contributed by atoms with E-state index in [1.807, 2.05) is 0 Å². The normalized spacial score (nSPS) is 25.5. The van der Waals surface area contributed by atoms with Gasteiger partial charge in [-0.3, -0.25) is 0 Å². The molecule has 0 saturated heterocycles. The molecular formula is C24H26IN. The fourth-order valence-electron chi connectivity index (χ4n) is 3.28. The number of benzene rings is 1. The van der Waals surface area contributed by atoms with Crippen LogP contribution in [-0.4, -0.2) is 13.6 Å². The molecule has 1 nitrogen and oxygen atoms in total. The van der Waals surface area contributed by atoms with E-state index in [1.165, 1.54) is 26.0 Å². The van der Waals surface area contributed by atoms with Crippen LogP contribution < -0.4 is 4.90 Å². The van der Waals surface area contributed by atoms with Crippen molar-refractivity contribution in [1.82, 2.24) is 0 Å². The highest BCUT2D eigenvalue weighted by atomic mass is 127. The van der Waals surface area contributed by atoms with Gasteiger partial charge in [0, 0.05) is 34.7 Å². The SMILES string of the molecule is CCN(C)c1ccc(C2=C(C)/C(I)=C\C3C=CC=CC3/C=C/C=C2)cc1. The number of anilines is 1. The van der Waals surface area contributed by atoms with Crippen molar-refractivity contribution in [2.24, 2.45) is 11.8 Å². The van der Waals surface area contributed by atoms with E-state index in [9.17, 15) is 0 Å².